The van der Waals surface area contributed by atoms with E-state index in [4.69, 9.17) is 5.73 Å². The molecule has 1 aliphatic rings. The highest BCUT2D eigenvalue weighted by Crippen LogP contribution is 2.38. The Kier molecular flexibility index (Phi) is 4.49. The maximum Gasteiger partial charge on any atom is 0.420 e. The van der Waals surface area contributed by atoms with Crippen LogP contribution in [0.25, 0.3) is 22.3 Å². The molecule has 2 heterocycles. The van der Waals surface area contributed by atoms with Gasteiger partial charge in [0.1, 0.15) is 17.0 Å². The second-order valence-corrected chi connectivity index (χ2v) is 7.66. The lowest BCUT2D eigenvalue weighted by Crippen LogP contribution is -2.45. The minimum absolute atomic E-state index is 0.0178. The summed E-state index contributed by atoms with van der Waals surface area (Å²) in [6, 6.07) is 7.02. The summed E-state index contributed by atoms with van der Waals surface area (Å²) in [5, 5.41) is 10.6. The molecule has 0 bridgehead atoms. The Bertz CT molecular complexity index is 995. The van der Waals surface area contributed by atoms with Crippen molar-refractivity contribution in [3.63, 3.8) is 0 Å². The molecule has 0 radical (unpaired) electrons. The van der Waals surface area contributed by atoms with Crippen LogP contribution in [0.4, 0.5) is 19.1 Å². The zero-order valence-electron chi connectivity index (χ0n) is 15.3. The number of para-hydroxylation sites is 1. The van der Waals surface area contributed by atoms with Gasteiger partial charge in [-0.25, -0.2) is 9.97 Å². The number of rotatable bonds is 3. The van der Waals surface area contributed by atoms with Crippen molar-refractivity contribution in [2.24, 2.45) is 5.73 Å². The van der Waals surface area contributed by atoms with E-state index in [0.717, 1.165) is 25.5 Å². The van der Waals surface area contributed by atoms with Gasteiger partial charge < -0.3 is 11.1 Å². The summed E-state index contributed by atoms with van der Waals surface area (Å²) >= 11 is 0. The lowest BCUT2D eigenvalue weighted by Gasteiger charge is -2.35. The second-order valence-electron chi connectivity index (χ2n) is 7.66. The number of aromatic amines is 1. The number of alkyl halides is 3. The summed E-state index contributed by atoms with van der Waals surface area (Å²) in [4.78, 5) is 8.12. The van der Waals surface area contributed by atoms with Crippen LogP contribution in [0.15, 0.2) is 30.5 Å². The first-order valence-corrected chi connectivity index (χ1v) is 9.16. The number of halogens is 3. The standard InChI is InChI=1S/C19H21F3N6/c1-18(23)8-4-5-11(9-18)25-17-24-10-13(19(20,21)22)16(26-17)15-12-6-2-3-7-14(12)27-28-15/h2-3,6-7,10-11H,4-5,8-9,23H2,1H3,(H,27,28)(H,24,25,26). The van der Waals surface area contributed by atoms with Gasteiger partial charge in [0.15, 0.2) is 0 Å². The molecule has 0 amide bonds. The monoisotopic (exact) mass is 390 g/mol. The van der Waals surface area contributed by atoms with Crippen LogP contribution in [0, 0.1) is 0 Å². The van der Waals surface area contributed by atoms with E-state index in [-0.39, 0.29) is 28.9 Å². The fourth-order valence-corrected chi connectivity index (χ4v) is 3.81. The molecule has 2 atom stereocenters. The Labute approximate surface area is 159 Å². The Hall–Kier alpha value is -2.68. The van der Waals surface area contributed by atoms with Crippen molar-refractivity contribution >= 4 is 16.9 Å². The third-order valence-corrected chi connectivity index (χ3v) is 5.14. The highest BCUT2D eigenvalue weighted by atomic mass is 19.4. The van der Waals surface area contributed by atoms with Gasteiger partial charge in [0.05, 0.1) is 5.52 Å². The van der Waals surface area contributed by atoms with Crippen molar-refractivity contribution < 1.29 is 13.2 Å². The largest absolute Gasteiger partial charge is 0.420 e. The van der Waals surface area contributed by atoms with Crippen molar-refractivity contribution in [3.8, 4) is 11.4 Å². The van der Waals surface area contributed by atoms with Crippen molar-refractivity contribution in [3.05, 3.63) is 36.0 Å². The maximum atomic E-state index is 13.6. The zero-order valence-corrected chi connectivity index (χ0v) is 15.3. The van der Waals surface area contributed by atoms with Crippen LogP contribution < -0.4 is 11.1 Å². The topological polar surface area (TPSA) is 92.5 Å². The minimum Gasteiger partial charge on any atom is -0.351 e. The van der Waals surface area contributed by atoms with Crippen LogP contribution >= 0.6 is 0 Å². The van der Waals surface area contributed by atoms with Crippen molar-refractivity contribution in [2.75, 3.05) is 5.32 Å². The van der Waals surface area contributed by atoms with Gasteiger partial charge in [-0.2, -0.15) is 18.3 Å². The number of nitrogens with zero attached hydrogens (tertiary/aromatic N) is 3. The summed E-state index contributed by atoms with van der Waals surface area (Å²) in [6.07, 6.45) is -0.325. The first-order chi connectivity index (χ1) is 13.2. The fourth-order valence-electron chi connectivity index (χ4n) is 3.81. The third-order valence-electron chi connectivity index (χ3n) is 5.14. The summed E-state index contributed by atoms with van der Waals surface area (Å²) in [5.41, 5.74) is 5.57. The molecule has 2 aromatic heterocycles. The van der Waals surface area contributed by atoms with Crippen LogP contribution in [-0.4, -0.2) is 31.7 Å². The first kappa shape index (κ1) is 18.7. The molecule has 28 heavy (non-hydrogen) atoms. The van der Waals surface area contributed by atoms with Crippen LogP contribution in [0.5, 0.6) is 0 Å². The van der Waals surface area contributed by atoms with Gasteiger partial charge in [-0.15, -0.1) is 0 Å². The van der Waals surface area contributed by atoms with E-state index in [1.807, 2.05) is 6.92 Å². The van der Waals surface area contributed by atoms with Gasteiger partial charge in [-0.1, -0.05) is 18.2 Å². The molecular formula is C19H21F3N6. The van der Waals surface area contributed by atoms with Gasteiger partial charge in [0.25, 0.3) is 0 Å². The molecule has 9 heteroatoms. The fraction of sp³-hybridized carbons (Fsp3) is 0.421. The number of fused-ring (bicyclic) bond motifs is 1. The Balaban J connectivity index is 1.74. The number of nitrogens with two attached hydrogens (primary N) is 1. The van der Waals surface area contributed by atoms with E-state index in [9.17, 15) is 13.2 Å². The molecule has 0 spiro atoms. The lowest BCUT2D eigenvalue weighted by molar-refractivity contribution is -0.137. The van der Waals surface area contributed by atoms with E-state index in [0.29, 0.717) is 17.3 Å². The molecule has 3 aromatic rings. The molecule has 2 unspecified atom stereocenters. The van der Waals surface area contributed by atoms with Gasteiger partial charge in [0, 0.05) is 23.2 Å². The Morgan fingerprint density at radius 1 is 1.25 bits per heavy atom. The van der Waals surface area contributed by atoms with Gasteiger partial charge in [-0.05, 0) is 38.7 Å². The predicted molar refractivity (Wildman–Crippen MR) is 101 cm³/mol. The molecule has 1 aromatic carbocycles. The molecule has 1 fully saturated rings. The van der Waals surface area contributed by atoms with E-state index in [1.165, 1.54) is 0 Å². The molecular weight excluding hydrogens is 369 g/mol. The molecule has 6 nitrogen and oxygen atoms in total. The molecule has 4 N–H and O–H groups in total. The molecule has 0 saturated heterocycles. The predicted octanol–water partition coefficient (Wildman–Crippen LogP) is 4.11. The minimum atomic E-state index is -4.59. The maximum absolute atomic E-state index is 13.6. The van der Waals surface area contributed by atoms with Crippen LogP contribution in [-0.2, 0) is 6.18 Å². The van der Waals surface area contributed by atoms with Crippen LogP contribution in [0.2, 0.25) is 0 Å². The number of H-pyrrole nitrogens is 1. The number of nitrogens with one attached hydrogen (secondary N) is 2. The Morgan fingerprint density at radius 2 is 2.04 bits per heavy atom. The van der Waals surface area contributed by atoms with Crippen molar-refractivity contribution in [1.82, 2.24) is 20.2 Å². The average molecular weight is 390 g/mol. The van der Waals surface area contributed by atoms with E-state index >= 15 is 0 Å². The molecule has 1 saturated carbocycles. The third kappa shape index (κ3) is 3.66. The van der Waals surface area contributed by atoms with E-state index in [2.05, 4.69) is 25.5 Å². The molecule has 148 valence electrons. The lowest BCUT2D eigenvalue weighted by atomic mass is 9.81. The smallest absolute Gasteiger partial charge is 0.351 e. The van der Waals surface area contributed by atoms with E-state index < -0.39 is 11.7 Å². The number of aromatic nitrogens is 4. The number of hydrogen-bond acceptors (Lipinski definition) is 5. The SMILES string of the molecule is CC1(N)CCCC(Nc2ncc(C(F)(F)F)c(-c3n[nH]c4ccccc34)n2)C1. The molecule has 0 aliphatic heterocycles. The molecule has 4 rings (SSSR count). The highest BCUT2D eigenvalue weighted by molar-refractivity contribution is 5.92. The normalized spacial score (nSPS) is 23.1. The van der Waals surface area contributed by atoms with Gasteiger partial charge in [0.2, 0.25) is 5.95 Å². The quantitative estimate of drug-likeness (QED) is 0.626. The van der Waals surface area contributed by atoms with Gasteiger partial charge in [-0.3, -0.25) is 5.10 Å². The summed E-state index contributed by atoms with van der Waals surface area (Å²) in [5.74, 6) is 0.151. The highest BCUT2D eigenvalue weighted by Gasteiger charge is 2.37. The number of anilines is 1. The summed E-state index contributed by atoms with van der Waals surface area (Å²) in [7, 11) is 0. The summed E-state index contributed by atoms with van der Waals surface area (Å²) in [6.45, 7) is 1.98. The number of hydrogen-bond donors (Lipinski definition) is 3. The average Bonchev–Trinajstić information content (AvgIpc) is 3.04. The van der Waals surface area contributed by atoms with Crippen molar-refractivity contribution in [1.29, 1.82) is 0 Å². The second kappa shape index (κ2) is 6.73. The number of benzene rings is 1. The first-order valence-electron chi connectivity index (χ1n) is 9.16. The van der Waals surface area contributed by atoms with Crippen molar-refractivity contribution in [2.45, 2.75) is 50.4 Å². The van der Waals surface area contributed by atoms with Crippen LogP contribution in [0.3, 0.4) is 0 Å². The Morgan fingerprint density at radius 3 is 2.79 bits per heavy atom. The summed E-state index contributed by atoms with van der Waals surface area (Å²) < 4.78 is 40.7. The van der Waals surface area contributed by atoms with Crippen LogP contribution in [0.1, 0.15) is 38.2 Å². The van der Waals surface area contributed by atoms with Gasteiger partial charge >= 0.3 is 6.18 Å². The molecule has 1 aliphatic carbocycles. The van der Waals surface area contributed by atoms with E-state index in [1.54, 1.807) is 24.3 Å². The zero-order chi connectivity index (χ0) is 19.9.